The number of fused-ring (bicyclic) bond motifs is 1. The van der Waals surface area contributed by atoms with Crippen molar-refractivity contribution in [2.24, 2.45) is 13.0 Å². The molecule has 3 rings (SSSR count). The van der Waals surface area contributed by atoms with E-state index >= 15 is 0 Å². The van der Waals surface area contributed by atoms with Crippen LogP contribution in [0, 0.1) is 5.92 Å². The lowest BCUT2D eigenvalue weighted by Gasteiger charge is -2.31. The highest BCUT2D eigenvalue weighted by Gasteiger charge is 2.36. The molecule has 1 N–H and O–H groups in total. The highest BCUT2D eigenvalue weighted by molar-refractivity contribution is 6.01. The molecule has 8 heteroatoms. The van der Waals surface area contributed by atoms with Crippen LogP contribution in [0.2, 0.25) is 0 Å². The van der Waals surface area contributed by atoms with Crippen LogP contribution in [0.3, 0.4) is 0 Å². The number of hydrogen-bond acceptors (Lipinski definition) is 5. The fourth-order valence-electron chi connectivity index (χ4n) is 3.86. The number of methoxy groups -OCH3 is 1. The predicted octanol–water partition coefficient (Wildman–Crippen LogP) is 0.682. The molecule has 156 valence electrons. The van der Waals surface area contributed by atoms with Crippen LogP contribution in [0.1, 0.15) is 37.2 Å². The molecule has 0 bridgehead atoms. The molecule has 2 heterocycles. The molecule has 2 amide bonds. The van der Waals surface area contributed by atoms with Gasteiger partial charge in [-0.1, -0.05) is 13.8 Å². The van der Waals surface area contributed by atoms with Crippen LogP contribution in [0.4, 0.5) is 0 Å². The number of carbonyl (C=O) groups is 3. The monoisotopic (exact) mass is 400 g/mol. The third-order valence-corrected chi connectivity index (χ3v) is 5.51. The van der Waals surface area contributed by atoms with Crippen molar-refractivity contribution in [2.75, 3.05) is 13.7 Å². The summed E-state index contributed by atoms with van der Waals surface area (Å²) in [4.78, 5) is 38.6. The topological polar surface area (TPSA) is 104 Å². The van der Waals surface area contributed by atoms with Crippen molar-refractivity contribution in [1.82, 2.24) is 14.8 Å². The van der Waals surface area contributed by atoms with Crippen LogP contribution in [0.15, 0.2) is 24.3 Å². The van der Waals surface area contributed by atoms with Gasteiger partial charge in [0.2, 0.25) is 5.91 Å². The number of carboxylic acid groups (broad SMARTS) is 1. The number of aromatic nitrogens is 1. The van der Waals surface area contributed by atoms with E-state index in [4.69, 9.17) is 4.74 Å². The number of nitrogens with one attached hydrogen (secondary N) is 1. The summed E-state index contributed by atoms with van der Waals surface area (Å²) in [6.45, 7) is 3.99. The first-order valence-electron chi connectivity index (χ1n) is 9.70. The first-order valence-corrected chi connectivity index (χ1v) is 9.70. The highest BCUT2D eigenvalue weighted by Crippen LogP contribution is 2.24. The van der Waals surface area contributed by atoms with E-state index < -0.39 is 18.1 Å². The largest absolute Gasteiger partial charge is 0.548 e. The second-order valence-electron chi connectivity index (χ2n) is 7.72. The van der Waals surface area contributed by atoms with Crippen molar-refractivity contribution in [3.8, 4) is 5.75 Å². The van der Waals surface area contributed by atoms with Crippen molar-refractivity contribution in [1.29, 1.82) is 0 Å². The molecule has 1 saturated heterocycles. The minimum Gasteiger partial charge on any atom is -0.548 e. The molecule has 29 heavy (non-hydrogen) atoms. The second-order valence-corrected chi connectivity index (χ2v) is 7.72. The zero-order chi connectivity index (χ0) is 21.3. The van der Waals surface area contributed by atoms with Gasteiger partial charge in [0.05, 0.1) is 19.1 Å². The number of benzene rings is 1. The van der Waals surface area contributed by atoms with Crippen molar-refractivity contribution < 1.29 is 24.2 Å². The molecule has 1 aliphatic rings. The van der Waals surface area contributed by atoms with Crippen LogP contribution >= 0.6 is 0 Å². The molecule has 0 saturated carbocycles. The normalized spacial score (nSPS) is 17.6. The molecule has 0 aliphatic carbocycles. The summed E-state index contributed by atoms with van der Waals surface area (Å²) in [5, 5.41) is 15.0. The predicted molar refractivity (Wildman–Crippen MR) is 105 cm³/mol. The second kappa shape index (κ2) is 8.14. The van der Waals surface area contributed by atoms with Crippen LogP contribution in [0.25, 0.3) is 10.9 Å². The maximum atomic E-state index is 13.0. The molecule has 0 unspecified atom stereocenters. The van der Waals surface area contributed by atoms with Gasteiger partial charge in [-0.25, -0.2) is 0 Å². The Morgan fingerprint density at radius 2 is 1.97 bits per heavy atom. The Labute approximate surface area is 169 Å². The molecule has 0 spiro atoms. The van der Waals surface area contributed by atoms with E-state index in [0.29, 0.717) is 30.8 Å². The maximum Gasteiger partial charge on any atom is 0.268 e. The number of carboxylic acids is 1. The standard InChI is InChI=1S/C21H27N3O5/c1-12(2)18(20(26)24-9-5-6-16(24)21(27)28)22-19(25)17-11-13-10-14(29-4)7-8-15(13)23(17)3/h7-8,10-12,16,18H,5-6,9H2,1-4H3,(H,22,25)(H,27,28)/p-1/t16-,18-/m0/s1. The van der Waals surface area contributed by atoms with Gasteiger partial charge in [0.1, 0.15) is 17.5 Å². The summed E-state index contributed by atoms with van der Waals surface area (Å²) < 4.78 is 6.99. The fourth-order valence-corrected chi connectivity index (χ4v) is 3.86. The van der Waals surface area contributed by atoms with E-state index in [2.05, 4.69) is 5.32 Å². The Morgan fingerprint density at radius 1 is 1.24 bits per heavy atom. The van der Waals surface area contributed by atoms with Crippen molar-refractivity contribution >= 4 is 28.7 Å². The summed E-state index contributed by atoms with van der Waals surface area (Å²) in [6.07, 6.45) is 0.978. The van der Waals surface area contributed by atoms with E-state index in [1.165, 1.54) is 4.90 Å². The lowest BCUT2D eigenvalue weighted by Crippen LogP contribution is -2.55. The Morgan fingerprint density at radius 3 is 2.59 bits per heavy atom. The summed E-state index contributed by atoms with van der Waals surface area (Å²) in [5.41, 5.74) is 1.27. The third kappa shape index (κ3) is 3.92. The van der Waals surface area contributed by atoms with E-state index in [1.54, 1.807) is 24.8 Å². The number of rotatable bonds is 6. The molecule has 0 radical (unpaired) electrons. The first kappa shape index (κ1) is 20.7. The molecule has 2 aromatic rings. The number of likely N-dealkylation sites (tertiary alicyclic amines) is 1. The third-order valence-electron chi connectivity index (χ3n) is 5.51. The molecule has 1 fully saturated rings. The summed E-state index contributed by atoms with van der Waals surface area (Å²) in [7, 11) is 3.36. The number of amides is 2. The van der Waals surface area contributed by atoms with Gasteiger partial charge in [-0.2, -0.15) is 0 Å². The van der Waals surface area contributed by atoms with Crippen molar-refractivity contribution in [2.45, 2.75) is 38.8 Å². The molecule has 1 aliphatic heterocycles. The number of hydrogen-bond donors (Lipinski definition) is 1. The van der Waals surface area contributed by atoms with Crippen molar-refractivity contribution in [3.63, 3.8) is 0 Å². The van der Waals surface area contributed by atoms with Gasteiger partial charge in [-0.05, 0) is 43.0 Å². The Bertz CT molecular complexity index is 949. The van der Waals surface area contributed by atoms with Crippen LogP contribution < -0.4 is 15.2 Å². The van der Waals surface area contributed by atoms with Gasteiger partial charge in [-0.15, -0.1) is 0 Å². The number of aliphatic carboxylic acids is 1. The number of carbonyl (C=O) groups excluding carboxylic acids is 3. The van der Waals surface area contributed by atoms with E-state index in [-0.39, 0.29) is 17.7 Å². The van der Waals surface area contributed by atoms with Gasteiger partial charge in [0.15, 0.2) is 0 Å². The van der Waals surface area contributed by atoms with Crippen molar-refractivity contribution in [3.05, 3.63) is 30.0 Å². The Hall–Kier alpha value is -3.03. The lowest BCUT2D eigenvalue weighted by molar-refractivity contribution is -0.310. The van der Waals surface area contributed by atoms with Gasteiger partial charge in [-0.3, -0.25) is 9.59 Å². The van der Waals surface area contributed by atoms with Crippen LogP contribution in [0.5, 0.6) is 5.75 Å². The molecule has 1 aromatic carbocycles. The smallest absolute Gasteiger partial charge is 0.268 e. The minimum atomic E-state index is -1.26. The van der Waals surface area contributed by atoms with Gasteiger partial charge < -0.3 is 29.4 Å². The van der Waals surface area contributed by atoms with E-state index in [1.807, 2.05) is 32.0 Å². The zero-order valence-electron chi connectivity index (χ0n) is 17.1. The average molecular weight is 400 g/mol. The number of nitrogens with zero attached hydrogens (tertiary/aromatic N) is 2. The summed E-state index contributed by atoms with van der Waals surface area (Å²) in [5.74, 6) is -1.55. The zero-order valence-corrected chi connectivity index (χ0v) is 17.1. The first-order chi connectivity index (χ1) is 13.7. The quantitative estimate of drug-likeness (QED) is 0.768. The molecular formula is C21H26N3O5-. The number of aryl methyl sites for hydroxylation is 1. The summed E-state index contributed by atoms with van der Waals surface area (Å²) in [6, 6.07) is 5.50. The van der Waals surface area contributed by atoms with E-state index in [9.17, 15) is 19.5 Å². The van der Waals surface area contributed by atoms with Gasteiger partial charge >= 0.3 is 0 Å². The Balaban J connectivity index is 1.85. The van der Waals surface area contributed by atoms with Gasteiger partial charge in [0.25, 0.3) is 5.91 Å². The maximum absolute atomic E-state index is 13.0. The highest BCUT2D eigenvalue weighted by atomic mass is 16.5. The summed E-state index contributed by atoms with van der Waals surface area (Å²) >= 11 is 0. The van der Waals surface area contributed by atoms with Crippen LogP contribution in [-0.4, -0.2) is 53.0 Å². The fraction of sp³-hybridized carbons (Fsp3) is 0.476. The molecule has 2 atom stereocenters. The average Bonchev–Trinajstić information content (AvgIpc) is 3.30. The Kier molecular flexibility index (Phi) is 5.81. The number of ether oxygens (including phenoxy) is 1. The van der Waals surface area contributed by atoms with Crippen LogP contribution in [-0.2, 0) is 16.6 Å². The SMILES string of the molecule is COc1ccc2c(c1)cc(C(=O)N[C@H](C(=O)N1CCC[C@H]1C(=O)[O-])C(C)C)n2C. The van der Waals surface area contributed by atoms with Gasteiger partial charge in [0, 0.05) is 24.5 Å². The molecule has 1 aromatic heterocycles. The van der Waals surface area contributed by atoms with E-state index in [0.717, 1.165) is 10.9 Å². The molecular weight excluding hydrogens is 374 g/mol. The molecule has 8 nitrogen and oxygen atoms in total. The minimum absolute atomic E-state index is 0.204. The lowest BCUT2D eigenvalue weighted by atomic mass is 10.0.